The van der Waals surface area contributed by atoms with Crippen molar-refractivity contribution in [2.24, 2.45) is 17.6 Å². The molecule has 2 unspecified atom stereocenters. The van der Waals surface area contributed by atoms with Gasteiger partial charge in [-0.15, -0.1) is 0 Å². The van der Waals surface area contributed by atoms with Gasteiger partial charge in [0.25, 0.3) is 0 Å². The topological polar surface area (TPSA) is 104 Å². The fourth-order valence-electron chi connectivity index (χ4n) is 2.55. The highest BCUT2D eigenvalue weighted by molar-refractivity contribution is 5.89. The number of carbonyl (C=O) groups excluding carboxylic acids is 2. The van der Waals surface area contributed by atoms with Gasteiger partial charge in [-0.3, -0.25) is 19.3 Å². The zero-order valence-corrected chi connectivity index (χ0v) is 10.7. The van der Waals surface area contributed by atoms with Crippen LogP contribution in [0.4, 0.5) is 0 Å². The molecule has 0 aromatic heterocycles. The van der Waals surface area contributed by atoms with Gasteiger partial charge >= 0.3 is 5.97 Å². The second kappa shape index (κ2) is 5.56. The van der Waals surface area contributed by atoms with Gasteiger partial charge in [0.15, 0.2) is 0 Å². The molecule has 3 N–H and O–H groups in total. The molecule has 19 heavy (non-hydrogen) atoms. The average Bonchev–Trinajstić information content (AvgIpc) is 3.11. The predicted molar refractivity (Wildman–Crippen MR) is 66.1 cm³/mol. The van der Waals surface area contributed by atoms with E-state index in [2.05, 4.69) is 0 Å². The molecule has 1 aliphatic heterocycles. The molecule has 1 saturated heterocycles. The smallest absolute Gasteiger partial charge is 0.307 e. The third-order valence-electron chi connectivity index (χ3n) is 3.70. The standard InChI is InChI=1S/C12H19N3O4/c13-10(16)7-14-2-1-3-15(5-4-14)11(17)8-6-9(8)12(18)19/h8-9H,1-7H2,(H2,13,16)(H,18,19). The number of nitrogens with zero attached hydrogens (tertiary/aromatic N) is 2. The Morgan fingerprint density at radius 3 is 2.42 bits per heavy atom. The van der Waals surface area contributed by atoms with Gasteiger partial charge in [0.05, 0.1) is 18.4 Å². The number of nitrogens with two attached hydrogens (primary N) is 1. The van der Waals surface area contributed by atoms with E-state index in [0.717, 1.165) is 13.0 Å². The van der Waals surface area contributed by atoms with Crippen molar-refractivity contribution in [3.05, 3.63) is 0 Å². The maximum absolute atomic E-state index is 12.1. The van der Waals surface area contributed by atoms with Crippen LogP contribution in [0.2, 0.25) is 0 Å². The van der Waals surface area contributed by atoms with E-state index < -0.39 is 11.9 Å². The molecule has 106 valence electrons. The number of rotatable bonds is 4. The fourth-order valence-corrected chi connectivity index (χ4v) is 2.55. The Bertz CT molecular complexity index is 398. The molecule has 1 heterocycles. The van der Waals surface area contributed by atoms with Gasteiger partial charge in [0, 0.05) is 26.2 Å². The van der Waals surface area contributed by atoms with Crippen LogP contribution in [0.15, 0.2) is 0 Å². The van der Waals surface area contributed by atoms with Crippen LogP contribution in [-0.4, -0.2) is 65.4 Å². The van der Waals surface area contributed by atoms with Crippen LogP contribution in [0.25, 0.3) is 0 Å². The molecule has 0 spiro atoms. The summed E-state index contributed by atoms with van der Waals surface area (Å²) >= 11 is 0. The predicted octanol–water partition coefficient (Wildman–Crippen LogP) is -1.27. The van der Waals surface area contributed by atoms with Crippen LogP contribution >= 0.6 is 0 Å². The number of carboxylic acids is 1. The van der Waals surface area contributed by atoms with Gasteiger partial charge in [-0.2, -0.15) is 0 Å². The third-order valence-corrected chi connectivity index (χ3v) is 3.70. The van der Waals surface area contributed by atoms with Crippen LogP contribution in [0.3, 0.4) is 0 Å². The first-order valence-electron chi connectivity index (χ1n) is 6.51. The maximum Gasteiger partial charge on any atom is 0.307 e. The summed E-state index contributed by atoms with van der Waals surface area (Å²) in [6.07, 6.45) is 1.24. The summed E-state index contributed by atoms with van der Waals surface area (Å²) in [7, 11) is 0. The number of hydrogen-bond donors (Lipinski definition) is 2. The molecule has 7 heteroatoms. The lowest BCUT2D eigenvalue weighted by molar-refractivity contribution is -0.142. The lowest BCUT2D eigenvalue weighted by atomic mass is 10.2. The first-order chi connectivity index (χ1) is 8.99. The monoisotopic (exact) mass is 269 g/mol. The van der Waals surface area contributed by atoms with Gasteiger partial charge in [0.2, 0.25) is 11.8 Å². The SMILES string of the molecule is NC(=O)CN1CCCN(C(=O)C2CC2C(=O)O)CC1. The second-order valence-corrected chi connectivity index (χ2v) is 5.21. The van der Waals surface area contributed by atoms with E-state index in [4.69, 9.17) is 10.8 Å². The molecule has 0 bridgehead atoms. The summed E-state index contributed by atoms with van der Waals surface area (Å²) in [4.78, 5) is 37.4. The number of amides is 2. The summed E-state index contributed by atoms with van der Waals surface area (Å²) in [5.74, 6) is -2.16. The van der Waals surface area contributed by atoms with Crippen molar-refractivity contribution in [2.75, 3.05) is 32.7 Å². The molecule has 2 aliphatic rings. The van der Waals surface area contributed by atoms with Crippen molar-refractivity contribution in [1.29, 1.82) is 0 Å². The summed E-state index contributed by atoms with van der Waals surface area (Å²) in [5.41, 5.74) is 5.15. The minimum Gasteiger partial charge on any atom is -0.481 e. The maximum atomic E-state index is 12.1. The molecule has 2 rings (SSSR count). The quantitative estimate of drug-likeness (QED) is 0.662. The van der Waals surface area contributed by atoms with Crippen LogP contribution < -0.4 is 5.73 Å². The van der Waals surface area contributed by atoms with Crippen LogP contribution in [-0.2, 0) is 14.4 Å². The van der Waals surface area contributed by atoms with E-state index >= 15 is 0 Å². The highest BCUT2D eigenvalue weighted by Gasteiger charge is 2.49. The molecular formula is C12H19N3O4. The van der Waals surface area contributed by atoms with E-state index in [1.807, 2.05) is 4.90 Å². The lowest BCUT2D eigenvalue weighted by Crippen LogP contribution is -2.39. The molecular weight excluding hydrogens is 250 g/mol. The Labute approximate surface area is 111 Å². The van der Waals surface area contributed by atoms with Crippen molar-refractivity contribution in [3.8, 4) is 0 Å². The minimum absolute atomic E-state index is 0.0617. The van der Waals surface area contributed by atoms with Crippen molar-refractivity contribution >= 4 is 17.8 Å². The number of aliphatic carboxylic acids is 1. The van der Waals surface area contributed by atoms with Crippen LogP contribution in [0, 0.1) is 11.8 Å². The summed E-state index contributed by atoms with van der Waals surface area (Å²) < 4.78 is 0. The number of hydrogen-bond acceptors (Lipinski definition) is 4. The van der Waals surface area contributed by atoms with E-state index in [1.54, 1.807) is 4.90 Å². The molecule has 2 fully saturated rings. The van der Waals surface area contributed by atoms with E-state index in [-0.39, 0.29) is 24.3 Å². The second-order valence-electron chi connectivity index (χ2n) is 5.21. The highest BCUT2D eigenvalue weighted by Crippen LogP contribution is 2.40. The average molecular weight is 269 g/mol. The van der Waals surface area contributed by atoms with E-state index in [0.29, 0.717) is 26.1 Å². The highest BCUT2D eigenvalue weighted by atomic mass is 16.4. The van der Waals surface area contributed by atoms with Crippen LogP contribution in [0.1, 0.15) is 12.8 Å². The lowest BCUT2D eigenvalue weighted by Gasteiger charge is -2.21. The van der Waals surface area contributed by atoms with Crippen molar-refractivity contribution in [3.63, 3.8) is 0 Å². The molecule has 7 nitrogen and oxygen atoms in total. The number of carboxylic acid groups (broad SMARTS) is 1. The molecule has 1 saturated carbocycles. The summed E-state index contributed by atoms with van der Waals surface area (Å²) in [6, 6.07) is 0. The minimum atomic E-state index is -0.886. The van der Waals surface area contributed by atoms with Gasteiger partial charge in [0.1, 0.15) is 0 Å². The molecule has 1 aliphatic carbocycles. The Morgan fingerprint density at radius 2 is 1.84 bits per heavy atom. The molecule has 0 radical (unpaired) electrons. The Morgan fingerprint density at radius 1 is 1.11 bits per heavy atom. The summed E-state index contributed by atoms with van der Waals surface area (Å²) in [5, 5.41) is 8.84. The zero-order chi connectivity index (χ0) is 14.0. The van der Waals surface area contributed by atoms with E-state index in [9.17, 15) is 14.4 Å². The first-order valence-corrected chi connectivity index (χ1v) is 6.51. The summed E-state index contributed by atoms with van der Waals surface area (Å²) in [6.45, 7) is 2.72. The molecule has 2 atom stereocenters. The van der Waals surface area contributed by atoms with Crippen molar-refractivity contribution in [2.45, 2.75) is 12.8 Å². The van der Waals surface area contributed by atoms with Crippen LogP contribution in [0.5, 0.6) is 0 Å². The first kappa shape index (κ1) is 13.8. The number of primary amides is 1. The third kappa shape index (κ3) is 3.44. The Hall–Kier alpha value is -1.63. The molecule has 2 amide bonds. The molecule has 0 aromatic rings. The van der Waals surface area contributed by atoms with E-state index in [1.165, 1.54) is 0 Å². The van der Waals surface area contributed by atoms with Crippen molar-refractivity contribution in [1.82, 2.24) is 9.80 Å². The fraction of sp³-hybridized carbons (Fsp3) is 0.750. The van der Waals surface area contributed by atoms with Gasteiger partial charge in [-0.1, -0.05) is 0 Å². The largest absolute Gasteiger partial charge is 0.481 e. The Kier molecular flexibility index (Phi) is 4.04. The number of carbonyl (C=O) groups is 3. The molecule has 0 aromatic carbocycles. The zero-order valence-electron chi connectivity index (χ0n) is 10.7. The normalized spacial score (nSPS) is 27.7. The van der Waals surface area contributed by atoms with Crippen molar-refractivity contribution < 1.29 is 19.5 Å². The van der Waals surface area contributed by atoms with Gasteiger partial charge < -0.3 is 15.7 Å². The van der Waals surface area contributed by atoms with Gasteiger partial charge in [-0.05, 0) is 12.8 Å². The van der Waals surface area contributed by atoms with Gasteiger partial charge in [-0.25, -0.2) is 0 Å². The Balaban J connectivity index is 1.84.